The molecule has 6 nitrogen and oxygen atoms in total. The van der Waals surface area contributed by atoms with Gasteiger partial charge in [-0.3, -0.25) is 0 Å². The minimum absolute atomic E-state index is 0.0480. The third-order valence-corrected chi connectivity index (χ3v) is 5.45. The lowest BCUT2D eigenvalue weighted by atomic mass is 10.1. The number of nitrogen functional groups attached to an aromatic ring is 1. The average Bonchev–Trinajstić information content (AvgIpc) is 2.88. The fourth-order valence-corrected chi connectivity index (χ4v) is 3.84. The van der Waals surface area contributed by atoms with Crippen LogP contribution >= 0.6 is 0 Å². The number of aliphatic hydroxyl groups excluding tert-OH is 1. The number of hydrogen-bond donors (Lipinski definition) is 2. The Kier molecular flexibility index (Phi) is 5.44. The van der Waals surface area contributed by atoms with E-state index >= 15 is 0 Å². The minimum Gasteiger partial charge on any atom is -0.492 e. The summed E-state index contributed by atoms with van der Waals surface area (Å²) in [5.41, 5.74) is 6.22. The normalized spacial score (nSPS) is 19.8. The lowest BCUT2D eigenvalue weighted by Gasteiger charge is -2.16. The highest BCUT2D eigenvalue weighted by atomic mass is 32.2. The Labute approximate surface area is 125 Å². The van der Waals surface area contributed by atoms with E-state index in [0.717, 1.165) is 6.42 Å². The first-order valence-corrected chi connectivity index (χ1v) is 8.69. The number of aliphatic hydroxyl groups is 1. The molecule has 1 aromatic rings. The maximum absolute atomic E-state index is 12.2. The van der Waals surface area contributed by atoms with Gasteiger partial charge in [-0.25, -0.2) is 12.7 Å². The van der Waals surface area contributed by atoms with Crippen LogP contribution in [0.15, 0.2) is 24.3 Å². The minimum atomic E-state index is -3.30. The van der Waals surface area contributed by atoms with Gasteiger partial charge < -0.3 is 15.6 Å². The molecule has 3 N–H and O–H groups in total. The van der Waals surface area contributed by atoms with Crippen LogP contribution in [0.2, 0.25) is 0 Å². The third-order valence-electron chi connectivity index (χ3n) is 3.65. The molecule has 0 amide bonds. The molecule has 118 valence electrons. The van der Waals surface area contributed by atoms with Gasteiger partial charge in [0.25, 0.3) is 0 Å². The number of anilines is 1. The van der Waals surface area contributed by atoms with Gasteiger partial charge in [0.1, 0.15) is 12.4 Å². The van der Waals surface area contributed by atoms with Crippen LogP contribution in [0.1, 0.15) is 12.8 Å². The summed E-state index contributed by atoms with van der Waals surface area (Å²) in [6, 6.07) is 6.92. The first-order valence-electron chi connectivity index (χ1n) is 7.08. The fourth-order valence-electron chi connectivity index (χ4n) is 2.47. The van der Waals surface area contributed by atoms with E-state index in [9.17, 15) is 8.42 Å². The molecule has 21 heavy (non-hydrogen) atoms. The second-order valence-electron chi connectivity index (χ2n) is 5.26. The van der Waals surface area contributed by atoms with Crippen LogP contribution in [-0.4, -0.2) is 49.9 Å². The Morgan fingerprint density at radius 1 is 1.43 bits per heavy atom. The number of nitrogens with zero attached hydrogens (tertiary/aromatic N) is 1. The Hall–Kier alpha value is -1.31. The molecule has 1 atom stereocenters. The van der Waals surface area contributed by atoms with Crippen molar-refractivity contribution < 1.29 is 18.3 Å². The molecular weight excluding hydrogens is 292 g/mol. The maximum Gasteiger partial charge on any atom is 0.217 e. The maximum atomic E-state index is 12.2. The Morgan fingerprint density at radius 3 is 2.95 bits per heavy atom. The molecule has 0 saturated carbocycles. The second-order valence-corrected chi connectivity index (χ2v) is 7.35. The van der Waals surface area contributed by atoms with E-state index in [1.807, 2.05) is 0 Å². The number of hydrogen-bond acceptors (Lipinski definition) is 5. The Bertz CT molecular complexity index is 562. The lowest BCUT2D eigenvalue weighted by Crippen LogP contribution is -2.33. The van der Waals surface area contributed by atoms with Crippen molar-refractivity contribution in [2.45, 2.75) is 12.8 Å². The zero-order valence-electron chi connectivity index (χ0n) is 11.9. The van der Waals surface area contributed by atoms with Gasteiger partial charge in [0, 0.05) is 31.5 Å². The van der Waals surface area contributed by atoms with Crippen LogP contribution in [-0.2, 0) is 10.0 Å². The smallest absolute Gasteiger partial charge is 0.217 e. The van der Waals surface area contributed by atoms with E-state index < -0.39 is 10.0 Å². The van der Waals surface area contributed by atoms with Crippen LogP contribution in [0.25, 0.3) is 0 Å². The summed E-state index contributed by atoms with van der Waals surface area (Å²) in [4.78, 5) is 0. The molecule has 1 aromatic carbocycles. The quantitative estimate of drug-likeness (QED) is 0.722. The topological polar surface area (TPSA) is 92.9 Å². The van der Waals surface area contributed by atoms with Crippen LogP contribution in [0, 0.1) is 5.92 Å². The third kappa shape index (κ3) is 4.59. The molecule has 1 aliphatic rings. The van der Waals surface area contributed by atoms with E-state index in [2.05, 4.69) is 0 Å². The van der Waals surface area contributed by atoms with Crippen molar-refractivity contribution in [3.8, 4) is 5.75 Å². The number of ether oxygens (including phenoxy) is 1. The van der Waals surface area contributed by atoms with E-state index in [0.29, 0.717) is 30.9 Å². The molecule has 1 heterocycles. The first kappa shape index (κ1) is 16.1. The highest BCUT2D eigenvalue weighted by Crippen LogP contribution is 2.22. The molecule has 1 saturated heterocycles. The van der Waals surface area contributed by atoms with Crippen molar-refractivity contribution in [1.29, 1.82) is 0 Å². The largest absolute Gasteiger partial charge is 0.492 e. The van der Waals surface area contributed by atoms with Gasteiger partial charge in [0.05, 0.1) is 5.75 Å². The van der Waals surface area contributed by atoms with E-state index in [4.69, 9.17) is 15.6 Å². The second kappa shape index (κ2) is 7.11. The Morgan fingerprint density at radius 2 is 2.24 bits per heavy atom. The predicted molar refractivity (Wildman–Crippen MR) is 81.5 cm³/mol. The van der Waals surface area contributed by atoms with E-state index in [-0.39, 0.29) is 24.9 Å². The molecule has 0 aliphatic carbocycles. The number of rotatable bonds is 7. The van der Waals surface area contributed by atoms with Crippen LogP contribution in [0.3, 0.4) is 0 Å². The average molecular weight is 314 g/mol. The molecule has 1 unspecified atom stereocenters. The molecule has 0 bridgehead atoms. The van der Waals surface area contributed by atoms with Gasteiger partial charge in [0.2, 0.25) is 10.0 Å². The summed E-state index contributed by atoms with van der Waals surface area (Å²) in [6.07, 6.45) is 1.47. The zero-order valence-corrected chi connectivity index (χ0v) is 12.8. The summed E-state index contributed by atoms with van der Waals surface area (Å²) in [7, 11) is -3.30. The van der Waals surface area contributed by atoms with Gasteiger partial charge in [-0.15, -0.1) is 0 Å². The Balaban J connectivity index is 1.82. The summed E-state index contributed by atoms with van der Waals surface area (Å²) < 4.78 is 31.3. The molecular formula is C14H22N2O4S. The summed E-state index contributed by atoms with van der Waals surface area (Å²) >= 11 is 0. The molecule has 1 fully saturated rings. The summed E-state index contributed by atoms with van der Waals surface area (Å²) in [5.74, 6) is 0.789. The van der Waals surface area contributed by atoms with Gasteiger partial charge in [-0.1, -0.05) is 6.07 Å². The molecule has 0 spiro atoms. The number of sulfonamides is 1. The van der Waals surface area contributed by atoms with Crippen molar-refractivity contribution >= 4 is 15.7 Å². The SMILES string of the molecule is Nc1cccc(OCCS(=O)(=O)N2CCC(CCO)C2)c1. The molecule has 1 aliphatic heterocycles. The van der Waals surface area contributed by atoms with Crippen LogP contribution in [0.5, 0.6) is 5.75 Å². The number of nitrogens with two attached hydrogens (primary N) is 1. The van der Waals surface area contributed by atoms with Gasteiger partial charge in [-0.2, -0.15) is 0 Å². The van der Waals surface area contributed by atoms with Crippen LogP contribution in [0.4, 0.5) is 5.69 Å². The van der Waals surface area contributed by atoms with Crippen molar-refractivity contribution in [3.63, 3.8) is 0 Å². The highest BCUT2D eigenvalue weighted by Gasteiger charge is 2.30. The molecule has 7 heteroatoms. The van der Waals surface area contributed by atoms with Crippen molar-refractivity contribution in [2.75, 3.05) is 37.8 Å². The molecule has 0 radical (unpaired) electrons. The first-order chi connectivity index (χ1) is 10.0. The van der Waals surface area contributed by atoms with E-state index in [1.165, 1.54) is 4.31 Å². The monoisotopic (exact) mass is 314 g/mol. The van der Waals surface area contributed by atoms with Crippen molar-refractivity contribution in [1.82, 2.24) is 4.31 Å². The standard InChI is InChI=1S/C14H22N2O4S/c15-13-2-1-3-14(10-13)20-8-9-21(18,19)16-6-4-12(11-16)5-7-17/h1-3,10,12,17H,4-9,11,15H2. The lowest BCUT2D eigenvalue weighted by molar-refractivity contribution is 0.259. The molecule has 2 rings (SSSR count). The van der Waals surface area contributed by atoms with Gasteiger partial charge in [-0.05, 0) is 30.9 Å². The van der Waals surface area contributed by atoms with Crippen LogP contribution < -0.4 is 10.5 Å². The summed E-state index contributed by atoms with van der Waals surface area (Å²) in [6.45, 7) is 1.25. The fraction of sp³-hybridized carbons (Fsp3) is 0.571. The molecule has 0 aromatic heterocycles. The highest BCUT2D eigenvalue weighted by molar-refractivity contribution is 7.89. The zero-order chi connectivity index (χ0) is 15.3. The number of benzene rings is 1. The predicted octanol–water partition coefficient (Wildman–Crippen LogP) is 0.682. The van der Waals surface area contributed by atoms with Gasteiger partial charge in [0.15, 0.2) is 0 Å². The van der Waals surface area contributed by atoms with Gasteiger partial charge >= 0.3 is 0 Å². The summed E-state index contributed by atoms with van der Waals surface area (Å²) in [5, 5.41) is 8.91. The van der Waals surface area contributed by atoms with Crippen molar-refractivity contribution in [3.05, 3.63) is 24.3 Å². The van der Waals surface area contributed by atoms with Crippen molar-refractivity contribution in [2.24, 2.45) is 5.92 Å². The van der Waals surface area contributed by atoms with E-state index in [1.54, 1.807) is 24.3 Å².